The van der Waals surface area contributed by atoms with Crippen LogP contribution in [-0.4, -0.2) is 44.3 Å². The summed E-state index contributed by atoms with van der Waals surface area (Å²) in [4.78, 5) is 16.6. The predicted molar refractivity (Wildman–Crippen MR) is 76.8 cm³/mol. The van der Waals surface area contributed by atoms with E-state index in [0.717, 1.165) is 12.5 Å². The summed E-state index contributed by atoms with van der Waals surface area (Å²) >= 11 is 0. The SMILES string of the molecule is NNc1nc(NCCOCC2CC2)nc(-n2ccnc2)n1. The fourth-order valence-electron chi connectivity index (χ4n) is 1.77. The van der Waals surface area contributed by atoms with Crippen LogP contribution in [0.1, 0.15) is 12.8 Å². The van der Waals surface area contributed by atoms with Gasteiger partial charge in [0.2, 0.25) is 17.8 Å². The average Bonchev–Trinajstić information content (AvgIpc) is 3.17. The second-order valence-electron chi connectivity index (χ2n) is 4.84. The summed E-state index contributed by atoms with van der Waals surface area (Å²) in [7, 11) is 0. The lowest BCUT2D eigenvalue weighted by atomic mass is 10.5. The zero-order chi connectivity index (χ0) is 14.5. The summed E-state index contributed by atoms with van der Waals surface area (Å²) in [6.45, 7) is 2.09. The minimum Gasteiger partial charge on any atom is -0.379 e. The number of hydrogen-bond acceptors (Lipinski definition) is 8. The van der Waals surface area contributed by atoms with Gasteiger partial charge in [0, 0.05) is 25.5 Å². The third kappa shape index (κ3) is 3.86. The van der Waals surface area contributed by atoms with Crippen LogP contribution in [-0.2, 0) is 4.74 Å². The van der Waals surface area contributed by atoms with Crippen LogP contribution in [0.4, 0.5) is 11.9 Å². The monoisotopic (exact) mass is 290 g/mol. The van der Waals surface area contributed by atoms with Crippen molar-refractivity contribution in [1.82, 2.24) is 24.5 Å². The highest BCUT2D eigenvalue weighted by molar-refractivity contribution is 5.37. The summed E-state index contributed by atoms with van der Waals surface area (Å²) in [5.74, 6) is 7.31. The molecule has 0 saturated heterocycles. The minimum absolute atomic E-state index is 0.287. The maximum atomic E-state index is 5.55. The number of imidazole rings is 1. The van der Waals surface area contributed by atoms with Gasteiger partial charge >= 0.3 is 0 Å². The predicted octanol–water partition coefficient (Wildman–Crippen LogP) is 0.181. The molecule has 3 rings (SSSR count). The van der Waals surface area contributed by atoms with Crippen LogP contribution in [0.3, 0.4) is 0 Å². The van der Waals surface area contributed by atoms with Crippen LogP contribution >= 0.6 is 0 Å². The molecule has 1 aliphatic carbocycles. The molecule has 9 heteroatoms. The maximum absolute atomic E-state index is 5.55. The molecule has 112 valence electrons. The average molecular weight is 290 g/mol. The van der Waals surface area contributed by atoms with Crippen molar-refractivity contribution in [2.45, 2.75) is 12.8 Å². The summed E-state index contributed by atoms with van der Waals surface area (Å²) in [5, 5.41) is 3.10. The lowest BCUT2D eigenvalue weighted by Gasteiger charge is -2.09. The molecule has 0 bridgehead atoms. The Morgan fingerprint density at radius 2 is 2.14 bits per heavy atom. The van der Waals surface area contributed by atoms with Gasteiger partial charge in [-0.1, -0.05) is 0 Å². The molecule has 1 aliphatic rings. The molecule has 2 aromatic heterocycles. The molecule has 2 heterocycles. The van der Waals surface area contributed by atoms with Gasteiger partial charge in [-0.2, -0.15) is 15.0 Å². The Morgan fingerprint density at radius 3 is 2.86 bits per heavy atom. The van der Waals surface area contributed by atoms with E-state index < -0.39 is 0 Å². The van der Waals surface area contributed by atoms with E-state index in [1.807, 2.05) is 0 Å². The van der Waals surface area contributed by atoms with Crippen LogP contribution in [0.5, 0.6) is 0 Å². The number of nitrogens with zero attached hydrogens (tertiary/aromatic N) is 5. The number of rotatable bonds is 8. The van der Waals surface area contributed by atoms with E-state index in [4.69, 9.17) is 10.6 Å². The normalized spacial score (nSPS) is 14.1. The smallest absolute Gasteiger partial charge is 0.243 e. The van der Waals surface area contributed by atoms with Crippen molar-refractivity contribution >= 4 is 11.9 Å². The highest BCUT2D eigenvalue weighted by Gasteiger charge is 2.20. The second kappa shape index (κ2) is 6.46. The summed E-state index contributed by atoms with van der Waals surface area (Å²) < 4.78 is 7.23. The number of anilines is 2. The summed E-state index contributed by atoms with van der Waals surface area (Å²) in [6, 6.07) is 0. The number of nitrogens with one attached hydrogen (secondary N) is 2. The molecule has 0 radical (unpaired) electrons. The van der Waals surface area contributed by atoms with Gasteiger partial charge in [-0.15, -0.1) is 0 Å². The van der Waals surface area contributed by atoms with E-state index in [2.05, 4.69) is 30.7 Å². The second-order valence-corrected chi connectivity index (χ2v) is 4.84. The first-order valence-corrected chi connectivity index (χ1v) is 6.88. The molecular formula is C12H18N8O. The molecule has 2 aromatic rings. The molecule has 4 N–H and O–H groups in total. The number of nitrogen functional groups attached to an aromatic ring is 1. The van der Waals surface area contributed by atoms with Crippen molar-refractivity contribution in [2.24, 2.45) is 11.8 Å². The molecule has 0 atom stereocenters. The Hall–Kier alpha value is -2.26. The van der Waals surface area contributed by atoms with Crippen LogP contribution in [0, 0.1) is 5.92 Å². The molecule has 9 nitrogen and oxygen atoms in total. The Morgan fingerprint density at radius 1 is 1.29 bits per heavy atom. The van der Waals surface area contributed by atoms with Crippen molar-refractivity contribution in [3.8, 4) is 5.95 Å². The van der Waals surface area contributed by atoms with Crippen molar-refractivity contribution in [3.05, 3.63) is 18.7 Å². The molecule has 0 spiro atoms. The number of aromatic nitrogens is 5. The van der Waals surface area contributed by atoms with Crippen molar-refractivity contribution < 1.29 is 4.74 Å². The van der Waals surface area contributed by atoms with Gasteiger partial charge in [0.05, 0.1) is 6.61 Å². The summed E-state index contributed by atoms with van der Waals surface area (Å²) in [6.07, 6.45) is 7.59. The first-order valence-electron chi connectivity index (χ1n) is 6.88. The Bertz CT molecular complexity index is 569. The first kappa shape index (κ1) is 13.7. The lowest BCUT2D eigenvalue weighted by molar-refractivity contribution is 0.133. The fourth-order valence-corrected chi connectivity index (χ4v) is 1.77. The van der Waals surface area contributed by atoms with Gasteiger partial charge < -0.3 is 10.1 Å². The van der Waals surface area contributed by atoms with E-state index in [-0.39, 0.29) is 5.95 Å². The van der Waals surface area contributed by atoms with Crippen molar-refractivity contribution in [3.63, 3.8) is 0 Å². The first-order chi connectivity index (χ1) is 10.3. The van der Waals surface area contributed by atoms with Gasteiger partial charge in [0.15, 0.2) is 0 Å². The van der Waals surface area contributed by atoms with Gasteiger partial charge in [0.1, 0.15) is 6.33 Å². The van der Waals surface area contributed by atoms with Gasteiger partial charge in [-0.25, -0.2) is 10.8 Å². The highest BCUT2D eigenvalue weighted by Crippen LogP contribution is 2.28. The van der Waals surface area contributed by atoms with Gasteiger partial charge in [-0.05, 0) is 18.8 Å². The third-order valence-electron chi connectivity index (χ3n) is 3.07. The van der Waals surface area contributed by atoms with Gasteiger partial charge in [0.25, 0.3) is 0 Å². The molecular weight excluding hydrogens is 272 g/mol. The zero-order valence-corrected chi connectivity index (χ0v) is 11.6. The highest BCUT2D eigenvalue weighted by atomic mass is 16.5. The molecule has 0 aromatic carbocycles. The van der Waals surface area contributed by atoms with Gasteiger partial charge in [-0.3, -0.25) is 9.99 Å². The zero-order valence-electron chi connectivity index (χ0n) is 11.6. The largest absolute Gasteiger partial charge is 0.379 e. The van der Waals surface area contributed by atoms with Crippen LogP contribution in [0.2, 0.25) is 0 Å². The Labute approximate surface area is 121 Å². The summed E-state index contributed by atoms with van der Waals surface area (Å²) in [5.41, 5.74) is 2.43. The third-order valence-corrected chi connectivity index (χ3v) is 3.07. The van der Waals surface area contributed by atoms with Crippen LogP contribution < -0.4 is 16.6 Å². The van der Waals surface area contributed by atoms with Crippen molar-refractivity contribution in [2.75, 3.05) is 30.5 Å². The maximum Gasteiger partial charge on any atom is 0.243 e. The topological polar surface area (TPSA) is 116 Å². The molecule has 1 fully saturated rings. The number of ether oxygens (including phenoxy) is 1. The molecule has 0 amide bonds. The van der Waals surface area contributed by atoms with Crippen molar-refractivity contribution in [1.29, 1.82) is 0 Å². The lowest BCUT2D eigenvalue weighted by Crippen LogP contribution is -2.17. The molecule has 0 unspecified atom stereocenters. The van der Waals surface area contributed by atoms with E-state index in [1.54, 1.807) is 23.3 Å². The van der Waals surface area contributed by atoms with E-state index in [0.29, 0.717) is 25.0 Å². The Kier molecular flexibility index (Phi) is 4.22. The van der Waals surface area contributed by atoms with Crippen LogP contribution in [0.15, 0.2) is 18.7 Å². The quantitative estimate of drug-likeness (QED) is 0.358. The van der Waals surface area contributed by atoms with Crippen LogP contribution in [0.25, 0.3) is 5.95 Å². The molecule has 0 aliphatic heterocycles. The minimum atomic E-state index is 0.287. The number of hydrazine groups is 1. The number of nitrogens with two attached hydrogens (primary N) is 1. The number of hydrogen-bond donors (Lipinski definition) is 3. The fraction of sp³-hybridized carbons (Fsp3) is 0.500. The standard InChI is InChI=1S/C12H18N8O/c13-19-11-16-10(15-4-6-21-7-9-1-2-9)17-12(18-11)20-5-3-14-8-20/h3,5,8-9H,1-2,4,6-7,13H2,(H2,15,16,17,18,19). The Balaban J connectivity index is 1.59. The van der Waals surface area contributed by atoms with E-state index >= 15 is 0 Å². The van der Waals surface area contributed by atoms with E-state index in [9.17, 15) is 0 Å². The molecule has 21 heavy (non-hydrogen) atoms. The van der Waals surface area contributed by atoms with E-state index in [1.165, 1.54) is 12.8 Å². The molecule has 1 saturated carbocycles.